The van der Waals surface area contributed by atoms with Crippen molar-refractivity contribution < 1.29 is 0 Å². The van der Waals surface area contributed by atoms with Gasteiger partial charge in [0, 0.05) is 5.02 Å². The van der Waals surface area contributed by atoms with Gasteiger partial charge in [-0.25, -0.2) is 0 Å². The summed E-state index contributed by atoms with van der Waals surface area (Å²) in [4.78, 5) is 0. The predicted octanol–water partition coefficient (Wildman–Crippen LogP) is 7.20. The largest absolute Gasteiger partial charge is 0.0843 e. The van der Waals surface area contributed by atoms with Crippen molar-refractivity contribution in [1.29, 1.82) is 0 Å². The number of benzene rings is 2. The molecule has 4 rings (SSSR count). The maximum absolute atomic E-state index is 6.11. The molecule has 4 atom stereocenters. The van der Waals surface area contributed by atoms with Gasteiger partial charge in [0.05, 0.1) is 0 Å². The van der Waals surface area contributed by atoms with Crippen molar-refractivity contribution in [3.05, 3.63) is 47.0 Å². The maximum Gasteiger partial charge on any atom is 0.0412 e. The molecule has 2 aromatic carbocycles. The van der Waals surface area contributed by atoms with Crippen LogP contribution in [0.4, 0.5) is 0 Å². The first-order valence-corrected chi connectivity index (χ1v) is 9.80. The van der Waals surface area contributed by atoms with E-state index in [4.69, 9.17) is 11.6 Å². The Labute approximate surface area is 145 Å². The summed E-state index contributed by atoms with van der Waals surface area (Å²) in [6, 6.07) is 13.3. The first-order chi connectivity index (χ1) is 11.2. The number of hydrogen-bond acceptors (Lipinski definition) is 0. The third-order valence-electron chi connectivity index (χ3n) is 6.60. The Kier molecular flexibility index (Phi) is 4.37. The molecule has 2 aliphatic carbocycles. The quantitative estimate of drug-likeness (QED) is 0.547. The molecular weight excluding hydrogens is 300 g/mol. The van der Waals surface area contributed by atoms with E-state index >= 15 is 0 Å². The van der Waals surface area contributed by atoms with Crippen LogP contribution in [-0.4, -0.2) is 0 Å². The second-order valence-corrected chi connectivity index (χ2v) is 8.30. The van der Waals surface area contributed by atoms with Crippen molar-refractivity contribution in [3.8, 4) is 0 Å². The highest BCUT2D eigenvalue weighted by Crippen LogP contribution is 2.48. The summed E-state index contributed by atoms with van der Waals surface area (Å²) < 4.78 is 0. The van der Waals surface area contributed by atoms with Gasteiger partial charge in [-0.2, -0.15) is 0 Å². The third-order valence-corrected chi connectivity index (χ3v) is 6.83. The van der Waals surface area contributed by atoms with Crippen LogP contribution in [0.25, 0.3) is 10.8 Å². The van der Waals surface area contributed by atoms with Crippen molar-refractivity contribution in [3.63, 3.8) is 0 Å². The summed E-state index contributed by atoms with van der Waals surface area (Å²) in [6.07, 6.45) is 10.1. The minimum Gasteiger partial charge on any atom is -0.0843 e. The van der Waals surface area contributed by atoms with Gasteiger partial charge in [0.15, 0.2) is 0 Å². The lowest BCUT2D eigenvalue weighted by molar-refractivity contribution is 0.116. The lowest BCUT2D eigenvalue weighted by Crippen LogP contribution is -2.30. The van der Waals surface area contributed by atoms with Crippen molar-refractivity contribution in [2.24, 2.45) is 17.8 Å². The summed E-state index contributed by atoms with van der Waals surface area (Å²) >= 11 is 6.11. The van der Waals surface area contributed by atoms with Crippen LogP contribution >= 0.6 is 11.6 Å². The highest BCUT2D eigenvalue weighted by Gasteiger charge is 2.35. The van der Waals surface area contributed by atoms with Gasteiger partial charge in [-0.1, -0.05) is 55.6 Å². The average Bonchev–Trinajstić information content (AvgIpc) is 2.60. The molecule has 1 heteroatoms. The molecule has 0 amide bonds. The molecule has 0 heterocycles. The molecule has 0 bridgehead atoms. The van der Waals surface area contributed by atoms with Gasteiger partial charge in [-0.05, 0) is 84.2 Å². The van der Waals surface area contributed by atoms with E-state index < -0.39 is 0 Å². The van der Waals surface area contributed by atoms with Crippen molar-refractivity contribution in [2.45, 2.75) is 57.8 Å². The Morgan fingerprint density at radius 3 is 2.48 bits per heavy atom. The van der Waals surface area contributed by atoms with Gasteiger partial charge in [-0.15, -0.1) is 0 Å². The third kappa shape index (κ3) is 3.15. The lowest BCUT2D eigenvalue weighted by atomic mass is 9.63. The normalized spacial score (nSPS) is 31.0. The minimum absolute atomic E-state index is 0.773. The van der Waals surface area contributed by atoms with Crippen molar-refractivity contribution in [2.75, 3.05) is 0 Å². The molecule has 4 unspecified atom stereocenters. The standard InChI is InChI=1S/C22H27Cl/c1-2-15-3-4-17-12-18(6-5-16(17)11-15)19-7-8-21-14-22(23)10-9-20(21)13-19/h7-10,13-18H,2-6,11-12H2,1H3. The molecule has 2 saturated carbocycles. The molecule has 2 fully saturated rings. The maximum atomic E-state index is 6.11. The topological polar surface area (TPSA) is 0 Å². The molecule has 0 aromatic heterocycles. The molecule has 0 nitrogen and oxygen atoms in total. The highest BCUT2D eigenvalue weighted by atomic mass is 35.5. The fourth-order valence-electron chi connectivity index (χ4n) is 5.15. The smallest absolute Gasteiger partial charge is 0.0412 e. The van der Waals surface area contributed by atoms with Gasteiger partial charge in [-0.3, -0.25) is 0 Å². The summed E-state index contributed by atoms with van der Waals surface area (Å²) in [5, 5.41) is 3.43. The van der Waals surface area contributed by atoms with E-state index in [1.807, 2.05) is 6.07 Å². The van der Waals surface area contributed by atoms with E-state index in [1.165, 1.54) is 55.7 Å². The fourth-order valence-corrected chi connectivity index (χ4v) is 5.33. The predicted molar refractivity (Wildman–Crippen MR) is 100 cm³/mol. The summed E-state index contributed by atoms with van der Waals surface area (Å²) in [5.41, 5.74) is 1.55. The van der Waals surface area contributed by atoms with Gasteiger partial charge in [0.2, 0.25) is 0 Å². The number of hydrogen-bond donors (Lipinski definition) is 0. The van der Waals surface area contributed by atoms with E-state index in [1.54, 1.807) is 5.56 Å². The van der Waals surface area contributed by atoms with Gasteiger partial charge < -0.3 is 0 Å². The first kappa shape index (κ1) is 15.5. The monoisotopic (exact) mass is 326 g/mol. The Balaban J connectivity index is 1.52. The SMILES string of the molecule is CCC1CCC2CC(c3ccc4cc(Cl)ccc4c3)CCC2C1. The second kappa shape index (κ2) is 6.48. The van der Waals surface area contributed by atoms with E-state index in [-0.39, 0.29) is 0 Å². The number of rotatable bonds is 2. The van der Waals surface area contributed by atoms with Gasteiger partial charge in [0.25, 0.3) is 0 Å². The summed E-state index contributed by atoms with van der Waals surface area (Å²) in [5.74, 6) is 3.79. The first-order valence-electron chi connectivity index (χ1n) is 9.42. The Bertz CT molecular complexity index is 689. The Morgan fingerprint density at radius 2 is 1.61 bits per heavy atom. The van der Waals surface area contributed by atoms with E-state index in [0.717, 1.165) is 28.7 Å². The van der Waals surface area contributed by atoms with Crippen LogP contribution in [0.5, 0.6) is 0 Å². The lowest BCUT2D eigenvalue weighted by Gasteiger charge is -2.42. The van der Waals surface area contributed by atoms with Gasteiger partial charge >= 0.3 is 0 Å². The number of halogens is 1. The van der Waals surface area contributed by atoms with Crippen molar-refractivity contribution in [1.82, 2.24) is 0 Å². The molecule has 2 aromatic rings. The Hall–Kier alpha value is -1.01. The van der Waals surface area contributed by atoms with Crippen LogP contribution in [0.3, 0.4) is 0 Å². The van der Waals surface area contributed by atoms with Crippen LogP contribution in [0, 0.1) is 17.8 Å². The van der Waals surface area contributed by atoms with E-state index in [0.29, 0.717) is 0 Å². The van der Waals surface area contributed by atoms with Crippen molar-refractivity contribution >= 4 is 22.4 Å². The van der Waals surface area contributed by atoms with E-state index in [2.05, 4.69) is 37.3 Å². The molecule has 2 aliphatic rings. The van der Waals surface area contributed by atoms with Crippen LogP contribution in [0.1, 0.15) is 63.4 Å². The molecule has 0 N–H and O–H groups in total. The zero-order chi connectivity index (χ0) is 15.8. The molecule has 0 spiro atoms. The molecule has 23 heavy (non-hydrogen) atoms. The molecule has 0 radical (unpaired) electrons. The van der Waals surface area contributed by atoms with Crippen LogP contribution < -0.4 is 0 Å². The zero-order valence-corrected chi connectivity index (χ0v) is 14.9. The summed E-state index contributed by atoms with van der Waals surface area (Å²) in [7, 11) is 0. The molecule has 0 aliphatic heterocycles. The summed E-state index contributed by atoms with van der Waals surface area (Å²) in [6.45, 7) is 2.37. The molecule has 122 valence electrons. The molecular formula is C22H27Cl. The minimum atomic E-state index is 0.773. The van der Waals surface area contributed by atoms with E-state index in [9.17, 15) is 0 Å². The highest BCUT2D eigenvalue weighted by molar-refractivity contribution is 6.31. The van der Waals surface area contributed by atoms with Crippen LogP contribution in [0.2, 0.25) is 5.02 Å². The average molecular weight is 327 g/mol. The fraction of sp³-hybridized carbons (Fsp3) is 0.545. The Morgan fingerprint density at radius 1 is 0.870 bits per heavy atom. The van der Waals surface area contributed by atoms with Crippen LogP contribution in [-0.2, 0) is 0 Å². The second-order valence-electron chi connectivity index (χ2n) is 7.87. The molecule has 0 saturated heterocycles. The zero-order valence-electron chi connectivity index (χ0n) is 14.1. The van der Waals surface area contributed by atoms with Crippen LogP contribution in [0.15, 0.2) is 36.4 Å². The number of fused-ring (bicyclic) bond motifs is 2. The van der Waals surface area contributed by atoms with Gasteiger partial charge in [0.1, 0.15) is 0 Å².